The number of amides is 1. The van der Waals surface area contributed by atoms with E-state index >= 15 is 0 Å². The van der Waals surface area contributed by atoms with Crippen LogP contribution in [-0.4, -0.2) is 31.3 Å². The predicted octanol–water partition coefficient (Wildman–Crippen LogP) is 6.00. The van der Waals surface area contributed by atoms with Gasteiger partial charge in [0, 0.05) is 16.7 Å². The van der Waals surface area contributed by atoms with Crippen LogP contribution in [0, 0.1) is 0 Å². The van der Waals surface area contributed by atoms with Crippen LogP contribution in [0.2, 0.25) is 0 Å². The first-order valence-electron chi connectivity index (χ1n) is 12.4. The number of esters is 1. The van der Waals surface area contributed by atoms with E-state index in [9.17, 15) is 9.59 Å². The lowest BCUT2D eigenvalue weighted by molar-refractivity contribution is -0.145. The number of thiophene rings is 1. The molecule has 190 valence electrons. The number of rotatable bonds is 9. The molecule has 4 aromatic rings. The van der Waals surface area contributed by atoms with E-state index in [4.69, 9.17) is 18.9 Å². The van der Waals surface area contributed by atoms with Gasteiger partial charge in [0.1, 0.15) is 16.5 Å². The zero-order chi connectivity index (χ0) is 25.6. The van der Waals surface area contributed by atoms with Crippen molar-refractivity contribution in [3.05, 3.63) is 82.1 Å². The van der Waals surface area contributed by atoms with Crippen LogP contribution in [0.15, 0.2) is 64.2 Å². The standard InChI is InChI=1S/C29H28N2O5S/c1-2-34-26(32)18-36-24-14-13-19-8-3-4-10-21(19)23(24)17-31-29-27(22-11-5-6-12-25(22)37-29)28(33)30-16-20-9-7-15-35-20/h3-4,7-10,13-15,17H,2,5-6,11-12,16,18H2,1H3,(H,30,33). The first-order valence-corrected chi connectivity index (χ1v) is 13.2. The Morgan fingerprint density at radius 1 is 1.11 bits per heavy atom. The molecule has 8 heteroatoms. The van der Waals surface area contributed by atoms with E-state index in [0.717, 1.165) is 47.6 Å². The molecule has 0 saturated heterocycles. The Kier molecular flexibility index (Phi) is 7.65. The molecular formula is C29H28N2O5S. The third kappa shape index (κ3) is 5.59. The predicted molar refractivity (Wildman–Crippen MR) is 144 cm³/mol. The lowest BCUT2D eigenvalue weighted by Crippen LogP contribution is -2.23. The monoisotopic (exact) mass is 516 g/mol. The molecule has 37 heavy (non-hydrogen) atoms. The number of nitrogens with one attached hydrogen (secondary N) is 1. The van der Waals surface area contributed by atoms with Gasteiger partial charge in [-0.2, -0.15) is 0 Å². The zero-order valence-corrected chi connectivity index (χ0v) is 21.4. The molecule has 0 unspecified atom stereocenters. The number of aliphatic imine (C=N–C) groups is 1. The van der Waals surface area contributed by atoms with Gasteiger partial charge in [-0.25, -0.2) is 9.79 Å². The lowest BCUT2D eigenvalue weighted by Gasteiger charge is -2.12. The van der Waals surface area contributed by atoms with Crippen molar-refractivity contribution >= 4 is 45.2 Å². The lowest BCUT2D eigenvalue weighted by atomic mass is 9.95. The van der Waals surface area contributed by atoms with Crippen molar-refractivity contribution in [3.63, 3.8) is 0 Å². The highest BCUT2D eigenvalue weighted by atomic mass is 32.1. The first kappa shape index (κ1) is 24.8. The van der Waals surface area contributed by atoms with Crippen molar-refractivity contribution in [1.29, 1.82) is 0 Å². The normalized spacial score (nSPS) is 13.0. The molecule has 2 aromatic carbocycles. The maximum atomic E-state index is 13.3. The van der Waals surface area contributed by atoms with Crippen molar-refractivity contribution in [1.82, 2.24) is 5.32 Å². The molecule has 1 N–H and O–H groups in total. The Bertz CT molecular complexity index is 1440. The van der Waals surface area contributed by atoms with Crippen LogP contribution in [0.4, 0.5) is 5.00 Å². The largest absolute Gasteiger partial charge is 0.481 e. The van der Waals surface area contributed by atoms with Gasteiger partial charge in [-0.1, -0.05) is 30.3 Å². The number of carbonyl (C=O) groups is 2. The van der Waals surface area contributed by atoms with Crippen molar-refractivity contribution in [2.24, 2.45) is 4.99 Å². The van der Waals surface area contributed by atoms with Crippen LogP contribution in [0.3, 0.4) is 0 Å². The Hall–Kier alpha value is -3.91. The summed E-state index contributed by atoms with van der Waals surface area (Å²) < 4.78 is 16.2. The van der Waals surface area contributed by atoms with Gasteiger partial charge in [-0.15, -0.1) is 11.3 Å². The molecule has 0 atom stereocenters. The molecule has 0 saturated carbocycles. The highest BCUT2D eigenvalue weighted by Crippen LogP contribution is 2.40. The molecule has 1 amide bonds. The number of nitrogens with zero attached hydrogens (tertiary/aromatic N) is 1. The summed E-state index contributed by atoms with van der Waals surface area (Å²) in [5.74, 6) is 0.641. The van der Waals surface area contributed by atoms with Gasteiger partial charge >= 0.3 is 5.97 Å². The fourth-order valence-corrected chi connectivity index (χ4v) is 5.77. The van der Waals surface area contributed by atoms with E-state index in [2.05, 4.69) is 5.32 Å². The van der Waals surface area contributed by atoms with E-state index < -0.39 is 5.97 Å². The second kappa shape index (κ2) is 11.4. The van der Waals surface area contributed by atoms with Crippen LogP contribution in [0.5, 0.6) is 5.75 Å². The minimum absolute atomic E-state index is 0.153. The van der Waals surface area contributed by atoms with E-state index in [1.165, 1.54) is 4.88 Å². The SMILES string of the molecule is CCOC(=O)COc1ccc2ccccc2c1C=Nc1sc2c(c1C(=O)NCc1ccco1)CCCC2. The fourth-order valence-electron chi connectivity index (χ4n) is 4.54. The van der Waals surface area contributed by atoms with E-state index in [-0.39, 0.29) is 12.5 Å². The average Bonchev–Trinajstić information content (AvgIpc) is 3.57. The highest BCUT2D eigenvalue weighted by Gasteiger charge is 2.25. The fraction of sp³-hybridized carbons (Fsp3) is 0.276. The summed E-state index contributed by atoms with van der Waals surface area (Å²) >= 11 is 1.57. The number of furan rings is 1. The molecule has 0 bridgehead atoms. The molecule has 0 spiro atoms. The van der Waals surface area contributed by atoms with E-state index in [0.29, 0.717) is 35.2 Å². The van der Waals surface area contributed by atoms with E-state index in [1.807, 2.05) is 42.5 Å². The van der Waals surface area contributed by atoms with Gasteiger partial charge < -0.3 is 19.2 Å². The van der Waals surface area contributed by atoms with Gasteiger partial charge in [0.05, 0.1) is 25.0 Å². The number of carbonyl (C=O) groups excluding carboxylic acids is 2. The van der Waals surface area contributed by atoms with Gasteiger partial charge in [0.15, 0.2) is 6.61 Å². The third-order valence-corrected chi connectivity index (χ3v) is 7.48. The van der Waals surface area contributed by atoms with Crippen LogP contribution >= 0.6 is 11.3 Å². The van der Waals surface area contributed by atoms with Crippen molar-refractivity contribution < 1.29 is 23.5 Å². The molecule has 2 aromatic heterocycles. The molecule has 2 heterocycles. The summed E-state index contributed by atoms with van der Waals surface area (Å²) in [6, 6.07) is 15.3. The maximum absolute atomic E-state index is 13.3. The first-order chi connectivity index (χ1) is 18.1. The zero-order valence-electron chi connectivity index (χ0n) is 20.6. The van der Waals surface area contributed by atoms with Crippen molar-refractivity contribution in [2.45, 2.75) is 39.2 Å². The molecule has 1 aliphatic rings. The Morgan fingerprint density at radius 3 is 2.81 bits per heavy atom. The summed E-state index contributed by atoms with van der Waals surface area (Å²) in [6.07, 6.45) is 7.32. The Balaban J connectivity index is 1.49. The number of hydrogen-bond acceptors (Lipinski definition) is 7. The van der Waals surface area contributed by atoms with Crippen LogP contribution in [-0.2, 0) is 28.9 Å². The van der Waals surface area contributed by atoms with Gasteiger partial charge in [-0.05, 0) is 67.1 Å². The minimum atomic E-state index is -0.431. The topological polar surface area (TPSA) is 90.1 Å². The summed E-state index contributed by atoms with van der Waals surface area (Å²) in [7, 11) is 0. The Morgan fingerprint density at radius 2 is 1.97 bits per heavy atom. The smallest absolute Gasteiger partial charge is 0.344 e. The third-order valence-electron chi connectivity index (χ3n) is 6.28. The Labute approximate surface area is 219 Å². The van der Waals surface area contributed by atoms with Crippen molar-refractivity contribution in [2.75, 3.05) is 13.2 Å². The summed E-state index contributed by atoms with van der Waals surface area (Å²) in [5, 5.41) is 5.62. The average molecular weight is 517 g/mol. The van der Waals surface area contributed by atoms with Gasteiger partial charge in [-0.3, -0.25) is 4.79 Å². The molecular weight excluding hydrogens is 488 g/mol. The van der Waals surface area contributed by atoms with Crippen LogP contribution in [0.1, 0.15) is 51.9 Å². The van der Waals surface area contributed by atoms with Crippen LogP contribution < -0.4 is 10.1 Å². The second-order valence-corrected chi connectivity index (χ2v) is 9.79. The molecule has 0 aliphatic heterocycles. The maximum Gasteiger partial charge on any atom is 0.344 e. The number of ether oxygens (including phenoxy) is 2. The molecule has 0 radical (unpaired) electrons. The highest BCUT2D eigenvalue weighted by molar-refractivity contribution is 7.16. The molecule has 5 rings (SSSR count). The van der Waals surface area contributed by atoms with Crippen molar-refractivity contribution in [3.8, 4) is 5.75 Å². The minimum Gasteiger partial charge on any atom is -0.481 e. The molecule has 1 aliphatic carbocycles. The molecule has 0 fully saturated rings. The van der Waals surface area contributed by atoms with E-state index in [1.54, 1.807) is 36.8 Å². The quantitative estimate of drug-likeness (QED) is 0.218. The van der Waals surface area contributed by atoms with Gasteiger partial charge in [0.25, 0.3) is 5.91 Å². The number of aryl methyl sites for hydroxylation is 1. The van der Waals surface area contributed by atoms with Crippen LogP contribution in [0.25, 0.3) is 10.8 Å². The van der Waals surface area contributed by atoms with Gasteiger partial charge in [0.2, 0.25) is 0 Å². The number of fused-ring (bicyclic) bond motifs is 2. The summed E-state index contributed by atoms with van der Waals surface area (Å²) in [5.41, 5.74) is 2.48. The number of hydrogen-bond donors (Lipinski definition) is 1. The summed E-state index contributed by atoms with van der Waals surface area (Å²) in [4.78, 5) is 31.3. The molecule has 7 nitrogen and oxygen atoms in total. The summed E-state index contributed by atoms with van der Waals surface area (Å²) in [6.45, 7) is 2.17. The number of benzene rings is 2. The second-order valence-electron chi connectivity index (χ2n) is 8.70.